The molecule has 0 aliphatic heterocycles. The first-order chi connectivity index (χ1) is 7.00. The predicted molar refractivity (Wildman–Crippen MR) is 70.4 cm³/mol. The van der Waals surface area contributed by atoms with Gasteiger partial charge in [0.2, 0.25) is 6.41 Å². The van der Waals surface area contributed by atoms with Crippen LogP contribution in [-0.4, -0.2) is 18.9 Å². The van der Waals surface area contributed by atoms with Crippen LogP contribution in [0.2, 0.25) is 0 Å². The molecule has 1 aliphatic carbocycles. The normalized spacial score (nSPS) is 25.5. The van der Waals surface area contributed by atoms with Crippen molar-refractivity contribution in [1.29, 1.82) is 0 Å². The summed E-state index contributed by atoms with van der Waals surface area (Å²) < 4.78 is 0. The Morgan fingerprint density at radius 3 is 2.22 bits per heavy atom. The van der Waals surface area contributed by atoms with E-state index in [4.69, 9.17) is 0 Å². The van der Waals surface area contributed by atoms with Gasteiger partial charge in [0.1, 0.15) is 0 Å². The van der Waals surface area contributed by atoms with E-state index in [0.29, 0.717) is 6.41 Å². The van der Waals surface area contributed by atoms with Gasteiger partial charge in [-0.15, -0.1) is 5.92 Å². The summed E-state index contributed by atoms with van der Waals surface area (Å²) in [5, 5.41) is 5.58. The van der Waals surface area contributed by atoms with Crippen LogP contribution in [0.5, 0.6) is 0 Å². The zero-order chi connectivity index (χ0) is 11.5. The summed E-state index contributed by atoms with van der Waals surface area (Å²) in [5.41, 5.74) is 0.124. The number of carbonyl (C=O) groups is 2. The maximum atomic E-state index is 10.5. The molecule has 2 N–H and O–H groups in total. The van der Waals surface area contributed by atoms with Crippen LogP contribution >= 0.6 is 0 Å². The topological polar surface area (TPSA) is 58.2 Å². The van der Waals surface area contributed by atoms with E-state index in [1.807, 2.05) is 6.92 Å². The minimum atomic E-state index is 0. The van der Waals surface area contributed by atoms with Gasteiger partial charge in [0.05, 0.1) is 0 Å². The van der Waals surface area contributed by atoms with Crippen LogP contribution < -0.4 is 10.6 Å². The van der Waals surface area contributed by atoms with Crippen LogP contribution in [0, 0.1) is 32.2 Å². The molecule has 0 heterocycles. The zero-order valence-corrected chi connectivity index (χ0v) is 13.6. The van der Waals surface area contributed by atoms with E-state index >= 15 is 0 Å². The summed E-state index contributed by atoms with van der Waals surface area (Å²) in [4.78, 5) is 21.0. The fraction of sp³-hybridized carbons (Fsp3) is 0.615. The molecule has 4 nitrogen and oxygen atoms in total. The first kappa shape index (κ1) is 22.8. The number of rotatable bonds is 4. The summed E-state index contributed by atoms with van der Waals surface area (Å²) >= 11 is 0. The molecule has 1 saturated carbocycles. The SMILES string of the molecule is CC1[C-](NC=O)CC(C)(C)CC1NC=O.[CH3-].[CH3-].[Ti+3]. The summed E-state index contributed by atoms with van der Waals surface area (Å²) in [6.45, 7) is 6.32. The Bertz CT molecular complexity index is 225. The summed E-state index contributed by atoms with van der Waals surface area (Å²) in [6.07, 6.45) is 3.27. The van der Waals surface area contributed by atoms with Gasteiger partial charge in [-0.25, -0.2) is 6.04 Å². The molecular weight excluding hydrogens is 264 g/mol. The van der Waals surface area contributed by atoms with Gasteiger partial charge in [-0.1, -0.05) is 26.2 Å². The van der Waals surface area contributed by atoms with Crippen LogP contribution in [0.3, 0.4) is 0 Å². The fourth-order valence-electron chi connectivity index (χ4n) is 2.31. The third kappa shape index (κ3) is 6.01. The second-order valence-corrected chi connectivity index (χ2v) is 5.01. The van der Waals surface area contributed by atoms with Crippen molar-refractivity contribution < 1.29 is 31.3 Å². The van der Waals surface area contributed by atoms with Gasteiger partial charge in [-0.2, -0.15) is 6.42 Å². The van der Waals surface area contributed by atoms with Gasteiger partial charge in [-0.05, 0) is 6.42 Å². The van der Waals surface area contributed by atoms with Crippen molar-refractivity contribution in [3.05, 3.63) is 20.9 Å². The van der Waals surface area contributed by atoms with Crippen molar-refractivity contribution in [3.8, 4) is 0 Å². The Balaban J connectivity index is -0.000000750. The van der Waals surface area contributed by atoms with Gasteiger partial charge in [0.25, 0.3) is 0 Å². The summed E-state index contributed by atoms with van der Waals surface area (Å²) in [5.74, 6) is 0.202. The molecule has 0 aromatic heterocycles. The van der Waals surface area contributed by atoms with E-state index in [2.05, 4.69) is 24.5 Å². The number of carbonyl (C=O) groups excluding carboxylic acids is 2. The molecule has 2 atom stereocenters. The quantitative estimate of drug-likeness (QED) is 0.470. The average molecular weight is 289 g/mol. The van der Waals surface area contributed by atoms with Gasteiger partial charge in [0.15, 0.2) is 6.41 Å². The molecule has 0 bridgehead atoms. The van der Waals surface area contributed by atoms with Gasteiger partial charge < -0.3 is 25.5 Å². The minimum Gasteiger partial charge on any atom is -0.505 e. The standard InChI is InChI=1S/C11H19N2O2.2CH3.Ti/c1-8-9(12-6-14)4-11(2,3)5-10(8)13-7-15;;;/h6-9H,4-5H2,1-3H3,(H,12,14)(H,13,15);2*1H3;/q3*-1;+3. The minimum absolute atomic E-state index is 0. The molecule has 1 fully saturated rings. The fourth-order valence-corrected chi connectivity index (χ4v) is 2.31. The number of amides is 2. The molecule has 2 amide bonds. The van der Waals surface area contributed by atoms with E-state index in [0.717, 1.165) is 25.3 Å². The van der Waals surface area contributed by atoms with Gasteiger partial charge in [-0.3, -0.25) is 9.59 Å². The molecule has 0 spiro atoms. The van der Waals surface area contributed by atoms with E-state index in [1.54, 1.807) is 0 Å². The average Bonchev–Trinajstić information content (AvgIpc) is 2.13. The van der Waals surface area contributed by atoms with Crippen molar-refractivity contribution in [2.24, 2.45) is 11.3 Å². The molecule has 1 rings (SSSR count). The second-order valence-electron chi connectivity index (χ2n) is 5.01. The molecule has 2 unspecified atom stereocenters. The van der Waals surface area contributed by atoms with Crippen LogP contribution in [0.15, 0.2) is 0 Å². The summed E-state index contributed by atoms with van der Waals surface area (Å²) in [7, 11) is 0. The van der Waals surface area contributed by atoms with E-state index in [-0.39, 0.29) is 53.9 Å². The molecule has 103 valence electrons. The van der Waals surface area contributed by atoms with Crippen LogP contribution in [-0.2, 0) is 31.3 Å². The Hall–Kier alpha value is -0.346. The number of nitrogens with one attached hydrogen (secondary N) is 2. The maximum absolute atomic E-state index is 10.5. The van der Waals surface area contributed by atoms with Crippen molar-refractivity contribution >= 4 is 12.8 Å². The first-order valence-corrected chi connectivity index (χ1v) is 5.26. The van der Waals surface area contributed by atoms with E-state index < -0.39 is 0 Å². The third-order valence-electron chi connectivity index (χ3n) is 3.12. The van der Waals surface area contributed by atoms with Crippen molar-refractivity contribution in [1.82, 2.24) is 10.6 Å². The summed E-state index contributed by atoms with van der Waals surface area (Å²) in [6, 6.07) is 1.13. The number of hydrogen-bond acceptors (Lipinski definition) is 2. The Morgan fingerprint density at radius 1 is 1.22 bits per heavy atom. The van der Waals surface area contributed by atoms with Crippen molar-refractivity contribution in [2.45, 2.75) is 39.7 Å². The van der Waals surface area contributed by atoms with E-state index in [1.165, 1.54) is 0 Å². The molecule has 0 saturated heterocycles. The van der Waals surface area contributed by atoms with E-state index in [9.17, 15) is 9.59 Å². The predicted octanol–water partition coefficient (Wildman–Crippen LogP) is 1.73. The Kier molecular flexibility index (Phi) is 12.1. The molecule has 5 heteroatoms. The third-order valence-corrected chi connectivity index (χ3v) is 3.12. The Morgan fingerprint density at radius 2 is 1.78 bits per heavy atom. The van der Waals surface area contributed by atoms with Crippen molar-refractivity contribution in [2.75, 3.05) is 0 Å². The molecule has 18 heavy (non-hydrogen) atoms. The Labute approximate surface area is 127 Å². The van der Waals surface area contributed by atoms with Crippen LogP contribution in [0.1, 0.15) is 33.6 Å². The molecule has 1 aliphatic rings. The monoisotopic (exact) mass is 289 g/mol. The van der Waals surface area contributed by atoms with Crippen LogP contribution in [0.25, 0.3) is 0 Å². The van der Waals surface area contributed by atoms with Gasteiger partial charge in [0, 0.05) is 6.04 Å². The maximum Gasteiger partial charge on any atom is 3.00 e. The van der Waals surface area contributed by atoms with Gasteiger partial charge >= 0.3 is 21.7 Å². The molecular formula is C13H25N2O2Ti. The molecule has 0 aromatic rings. The molecule has 0 aromatic carbocycles. The first-order valence-electron chi connectivity index (χ1n) is 5.26. The molecule has 1 radical (unpaired) electrons. The largest absolute Gasteiger partial charge is 3.00 e. The zero-order valence-electron chi connectivity index (χ0n) is 12.0. The second kappa shape index (κ2) is 9.57. The van der Waals surface area contributed by atoms with Crippen LogP contribution in [0.4, 0.5) is 0 Å². The van der Waals surface area contributed by atoms with Crippen molar-refractivity contribution in [3.63, 3.8) is 0 Å². The number of hydrogen-bond donors (Lipinski definition) is 2. The smallest absolute Gasteiger partial charge is 0.505 e.